The molecule has 5 heterocycles. The highest BCUT2D eigenvalue weighted by atomic mass is 15.3. The van der Waals surface area contributed by atoms with E-state index in [9.17, 15) is 0 Å². The molecule has 0 aliphatic carbocycles. The molecule has 0 amide bonds. The molecule has 7 heteroatoms. The van der Waals surface area contributed by atoms with Crippen LogP contribution in [0.25, 0.3) is 66.8 Å². The molecule has 0 radical (unpaired) electrons. The minimum atomic E-state index is -0.253. The van der Waals surface area contributed by atoms with Crippen molar-refractivity contribution in [1.82, 2.24) is 4.98 Å². The monoisotopic (exact) mass is 1220 g/mol. The van der Waals surface area contributed by atoms with Gasteiger partial charge in [-0.3, -0.25) is 9.80 Å². The molecule has 96 heavy (non-hydrogen) atoms. The summed E-state index contributed by atoms with van der Waals surface area (Å²) in [4.78, 5) is 16.6. The van der Waals surface area contributed by atoms with E-state index in [1.807, 2.05) is 0 Å². The Morgan fingerprint density at radius 2 is 0.469 bits per heavy atom. The van der Waals surface area contributed by atoms with Gasteiger partial charge in [0.25, 0.3) is 13.4 Å². The third kappa shape index (κ3) is 8.78. The molecular formula is C89H59B2N5. The predicted octanol–water partition coefficient (Wildman–Crippen LogP) is 19.2. The van der Waals surface area contributed by atoms with Gasteiger partial charge in [-0.15, -0.1) is 0 Å². The number of para-hydroxylation sites is 6. The molecule has 446 valence electrons. The van der Waals surface area contributed by atoms with Crippen LogP contribution in [0.4, 0.5) is 68.5 Å². The lowest BCUT2D eigenvalue weighted by Gasteiger charge is -2.47. The van der Waals surface area contributed by atoms with Crippen LogP contribution < -0.4 is 52.4 Å². The van der Waals surface area contributed by atoms with E-state index >= 15 is 0 Å². The van der Waals surface area contributed by atoms with Crippen molar-refractivity contribution in [3.05, 3.63) is 358 Å². The van der Waals surface area contributed by atoms with E-state index in [-0.39, 0.29) is 13.4 Å². The Bertz CT molecular complexity index is 5030. The molecule has 0 bridgehead atoms. The average Bonchev–Trinajstić information content (AvgIpc) is 0.688. The fourth-order valence-corrected chi connectivity index (χ4v) is 15.9. The number of anilines is 12. The standard InChI is InChI=1S/C89H59B2N5/c1-9-31-60(32-10-1)66-55-80-84-82(57-66)95(86-70(62-35-13-3-14-36-62)47-29-48-71(86)63-37-15-4-16-38-63)78-53-27-25-51-74(78)90(84)76-59-77-89(92-88(76)93(80)68-43-21-7-22-44-68)94(69-45-23-8-24-46-69)81-56-67(61-33-11-2-12-34-61)58-83-85(81)91(77)75-52-26-28-54-79(75)96(83)87-72(64-39-17-5-18-40-64)49-30-50-73(87)65-41-19-6-20-42-65/h1-59H. The van der Waals surface area contributed by atoms with Gasteiger partial charge in [0, 0.05) is 67.8 Å². The second-order valence-corrected chi connectivity index (χ2v) is 25.3. The first-order chi connectivity index (χ1) is 47.7. The third-order valence-corrected chi connectivity index (χ3v) is 20.0. The van der Waals surface area contributed by atoms with Crippen molar-refractivity contribution in [3.63, 3.8) is 0 Å². The van der Waals surface area contributed by atoms with Crippen molar-refractivity contribution in [3.8, 4) is 66.8 Å². The largest absolute Gasteiger partial charge is 0.310 e. The minimum Gasteiger partial charge on any atom is -0.310 e. The van der Waals surface area contributed by atoms with Gasteiger partial charge in [0.1, 0.15) is 11.6 Å². The van der Waals surface area contributed by atoms with Gasteiger partial charge < -0.3 is 9.80 Å². The number of rotatable bonds is 10. The maximum absolute atomic E-state index is 6.42. The zero-order valence-corrected chi connectivity index (χ0v) is 52.5. The Morgan fingerprint density at radius 1 is 0.198 bits per heavy atom. The summed E-state index contributed by atoms with van der Waals surface area (Å²) >= 11 is 0. The minimum absolute atomic E-state index is 0.253. The Hall–Kier alpha value is -12.4. The van der Waals surface area contributed by atoms with Crippen LogP contribution in [0.5, 0.6) is 0 Å². The summed E-state index contributed by atoms with van der Waals surface area (Å²) in [6.45, 7) is -0.505. The van der Waals surface area contributed by atoms with Crippen molar-refractivity contribution in [2.45, 2.75) is 0 Å². The molecule has 0 unspecified atom stereocenters. The van der Waals surface area contributed by atoms with Crippen LogP contribution >= 0.6 is 0 Å². The molecule has 0 atom stereocenters. The summed E-state index contributed by atoms with van der Waals surface area (Å²) in [5.41, 5.74) is 31.8. The normalized spacial score (nSPS) is 12.9. The highest BCUT2D eigenvalue weighted by molar-refractivity contribution is 7.03. The summed E-state index contributed by atoms with van der Waals surface area (Å²) in [7, 11) is 0. The van der Waals surface area contributed by atoms with Gasteiger partial charge in [-0.2, -0.15) is 0 Å². The van der Waals surface area contributed by atoms with Crippen LogP contribution in [0.1, 0.15) is 0 Å². The zero-order chi connectivity index (χ0) is 63.2. The molecule has 14 aromatic carbocycles. The number of hydrogen-bond donors (Lipinski definition) is 0. The summed E-state index contributed by atoms with van der Waals surface area (Å²) in [5, 5.41) is 0. The second-order valence-electron chi connectivity index (χ2n) is 25.3. The SMILES string of the molecule is c1ccc(-c2cc3c4c(c2)N(c2c(-c5ccccc5)cccc2-c2ccccc2)c2ccccc2B4c2cc4c(nc2N3c2ccccc2)N(c2ccccc2)c2cc(-c3ccccc3)cc3c2B4c2ccccc2N3c2c(-c3ccccc3)cccc2-c2ccccc2)cc1. The predicted molar refractivity (Wildman–Crippen MR) is 405 cm³/mol. The number of hydrogen-bond acceptors (Lipinski definition) is 5. The lowest BCUT2D eigenvalue weighted by molar-refractivity contribution is 1.14. The maximum Gasteiger partial charge on any atom is 0.254 e. The molecule has 19 rings (SSSR count). The van der Waals surface area contributed by atoms with Crippen molar-refractivity contribution >= 4 is 115 Å². The van der Waals surface area contributed by atoms with E-state index in [1.165, 1.54) is 21.9 Å². The molecule has 0 N–H and O–H groups in total. The molecular weight excluding hydrogens is 1160 g/mol. The average molecular weight is 1220 g/mol. The van der Waals surface area contributed by atoms with Crippen LogP contribution in [0.15, 0.2) is 358 Å². The van der Waals surface area contributed by atoms with E-state index in [0.717, 1.165) is 146 Å². The van der Waals surface area contributed by atoms with Crippen molar-refractivity contribution in [1.29, 1.82) is 0 Å². The van der Waals surface area contributed by atoms with Gasteiger partial charge >= 0.3 is 0 Å². The van der Waals surface area contributed by atoms with E-state index in [0.29, 0.717) is 0 Å². The molecule has 0 spiro atoms. The second kappa shape index (κ2) is 22.7. The third-order valence-electron chi connectivity index (χ3n) is 20.0. The first-order valence-corrected chi connectivity index (χ1v) is 33.2. The first kappa shape index (κ1) is 55.2. The molecule has 4 aliphatic heterocycles. The smallest absolute Gasteiger partial charge is 0.254 e. The lowest BCUT2D eigenvalue weighted by atomic mass is 9.30. The van der Waals surface area contributed by atoms with Crippen LogP contribution in [-0.2, 0) is 0 Å². The fraction of sp³-hybridized carbons (Fsp3) is 0. The molecule has 5 nitrogen and oxygen atoms in total. The molecule has 15 aromatic rings. The van der Waals surface area contributed by atoms with Crippen LogP contribution in [0.3, 0.4) is 0 Å². The maximum atomic E-state index is 6.42. The number of nitrogens with zero attached hydrogens (tertiary/aromatic N) is 5. The van der Waals surface area contributed by atoms with Gasteiger partial charge in [-0.25, -0.2) is 4.98 Å². The fourth-order valence-electron chi connectivity index (χ4n) is 15.9. The number of fused-ring (bicyclic) bond motifs is 8. The first-order valence-electron chi connectivity index (χ1n) is 33.2. The van der Waals surface area contributed by atoms with Crippen molar-refractivity contribution in [2.75, 3.05) is 19.6 Å². The summed E-state index contributed by atoms with van der Waals surface area (Å²) in [5.74, 6) is 1.79. The van der Waals surface area contributed by atoms with Gasteiger partial charge in [0.15, 0.2) is 0 Å². The topological polar surface area (TPSA) is 25.9 Å². The van der Waals surface area contributed by atoms with E-state index in [4.69, 9.17) is 4.98 Å². The highest BCUT2D eigenvalue weighted by Gasteiger charge is 2.50. The zero-order valence-electron chi connectivity index (χ0n) is 52.5. The van der Waals surface area contributed by atoms with Gasteiger partial charge in [0.2, 0.25) is 0 Å². The quantitative estimate of drug-likeness (QED) is 0.127. The molecule has 0 fully saturated rings. The van der Waals surface area contributed by atoms with Crippen LogP contribution in [-0.4, -0.2) is 18.4 Å². The Morgan fingerprint density at radius 3 is 0.792 bits per heavy atom. The van der Waals surface area contributed by atoms with Gasteiger partial charge in [-0.1, -0.05) is 297 Å². The number of benzene rings is 14. The summed E-state index contributed by atoms with van der Waals surface area (Å²) in [6, 6.07) is 132. The number of pyridine rings is 1. The van der Waals surface area contributed by atoms with Crippen LogP contribution in [0, 0.1) is 0 Å². The highest BCUT2D eigenvalue weighted by Crippen LogP contribution is 2.54. The Balaban J connectivity index is 0.934. The molecule has 0 saturated carbocycles. The molecule has 4 aliphatic rings. The van der Waals surface area contributed by atoms with E-state index in [1.54, 1.807) is 0 Å². The summed E-state index contributed by atoms with van der Waals surface area (Å²) in [6.07, 6.45) is 0. The molecule has 1 aromatic heterocycles. The summed E-state index contributed by atoms with van der Waals surface area (Å²) < 4.78 is 0. The Kier molecular flexibility index (Phi) is 13.1. The van der Waals surface area contributed by atoms with Crippen molar-refractivity contribution in [2.24, 2.45) is 0 Å². The van der Waals surface area contributed by atoms with Crippen LogP contribution in [0.2, 0.25) is 0 Å². The van der Waals surface area contributed by atoms with Crippen molar-refractivity contribution < 1.29 is 0 Å². The van der Waals surface area contributed by atoms with Gasteiger partial charge in [0.05, 0.1) is 11.4 Å². The van der Waals surface area contributed by atoms with E-state index < -0.39 is 0 Å². The number of aromatic nitrogens is 1. The molecule has 0 saturated heterocycles. The Labute approximate surface area is 560 Å². The van der Waals surface area contributed by atoms with E-state index in [2.05, 4.69) is 378 Å². The lowest BCUT2D eigenvalue weighted by Crippen LogP contribution is -2.65. The van der Waals surface area contributed by atoms with Gasteiger partial charge in [-0.05, 0) is 138 Å².